The summed E-state index contributed by atoms with van der Waals surface area (Å²) in [7, 11) is 0. The molecular formula is C34H34BrFN4O4. The third kappa shape index (κ3) is 7.24. The number of hydrogen-bond acceptors (Lipinski definition) is 6. The Morgan fingerprint density at radius 2 is 1.95 bits per heavy atom. The van der Waals surface area contributed by atoms with Crippen molar-refractivity contribution in [2.75, 3.05) is 18.5 Å². The average Bonchev–Trinajstić information content (AvgIpc) is 3.02. The fourth-order valence-electron chi connectivity index (χ4n) is 5.41. The number of benzene rings is 3. The van der Waals surface area contributed by atoms with E-state index in [2.05, 4.69) is 32.9 Å². The Hall–Kier alpha value is -4.31. The predicted octanol–water partition coefficient (Wildman–Crippen LogP) is 7.37. The first-order valence-corrected chi connectivity index (χ1v) is 15.5. The van der Waals surface area contributed by atoms with Crippen LogP contribution < -0.4 is 20.3 Å². The molecule has 10 heteroatoms. The first-order valence-electron chi connectivity index (χ1n) is 14.7. The van der Waals surface area contributed by atoms with Gasteiger partial charge in [-0.2, -0.15) is 9.78 Å². The summed E-state index contributed by atoms with van der Waals surface area (Å²) in [6, 6.07) is 15.0. The van der Waals surface area contributed by atoms with E-state index in [0.717, 1.165) is 30.2 Å². The molecule has 1 aliphatic rings. The smallest absolute Gasteiger partial charge is 0.282 e. The molecule has 1 fully saturated rings. The zero-order chi connectivity index (χ0) is 31.1. The number of anilines is 1. The number of carbonyl (C=O) groups is 1. The lowest BCUT2D eigenvalue weighted by Crippen LogP contribution is -2.25. The lowest BCUT2D eigenvalue weighted by molar-refractivity contribution is -0.118. The second kappa shape index (κ2) is 14.4. The number of fused-ring (bicyclic) bond motifs is 1. The van der Waals surface area contributed by atoms with Crippen molar-refractivity contribution in [1.29, 1.82) is 0 Å². The minimum atomic E-state index is -0.535. The van der Waals surface area contributed by atoms with E-state index in [1.807, 2.05) is 25.1 Å². The second-order valence-electron chi connectivity index (χ2n) is 10.6. The van der Waals surface area contributed by atoms with E-state index < -0.39 is 11.7 Å². The summed E-state index contributed by atoms with van der Waals surface area (Å²) in [6.45, 7) is 5.70. The highest BCUT2D eigenvalue weighted by molar-refractivity contribution is 9.10. The summed E-state index contributed by atoms with van der Waals surface area (Å²) < 4.78 is 28.0. The Kier molecular flexibility index (Phi) is 10.2. The van der Waals surface area contributed by atoms with Crippen molar-refractivity contribution < 1.29 is 18.7 Å². The topological polar surface area (TPSA) is 94.8 Å². The van der Waals surface area contributed by atoms with Crippen LogP contribution in [0.25, 0.3) is 10.9 Å². The Bertz CT molecular complexity index is 1760. The van der Waals surface area contributed by atoms with Gasteiger partial charge in [0.25, 0.3) is 11.5 Å². The average molecular weight is 662 g/mol. The third-order valence-electron chi connectivity index (χ3n) is 7.44. The van der Waals surface area contributed by atoms with Crippen molar-refractivity contribution in [2.24, 2.45) is 5.10 Å². The summed E-state index contributed by atoms with van der Waals surface area (Å²) in [5.41, 5.74) is 1.88. The second-order valence-corrected chi connectivity index (χ2v) is 11.5. The largest absolute Gasteiger partial charge is 0.490 e. The highest BCUT2D eigenvalue weighted by Crippen LogP contribution is 2.34. The number of aromatic nitrogens is 2. The maximum atomic E-state index is 14.0. The minimum Gasteiger partial charge on any atom is -0.490 e. The van der Waals surface area contributed by atoms with Crippen LogP contribution in [0.15, 0.2) is 81.6 Å². The standard InChI is InChI=1S/C34H34BrFN4O4/c1-3-10-24-17-22(18-30(43-4-2)32(24)44-21-31(41)38-29-14-9-8-13-27(29)36)20-37-40-33(23-11-6-5-7-12-23)39-28-16-15-25(35)19-26(28)34(40)42/h3,8-9,13-20,23H,1,4-7,10-12,21H2,2H3,(H,38,41). The first kappa shape index (κ1) is 31.1. The number of allylic oxidation sites excluding steroid dienone is 1. The fraction of sp³-hybridized carbons (Fsp3) is 0.294. The fourth-order valence-corrected chi connectivity index (χ4v) is 5.77. The molecule has 1 saturated carbocycles. The lowest BCUT2D eigenvalue weighted by atomic mass is 9.88. The summed E-state index contributed by atoms with van der Waals surface area (Å²) in [4.78, 5) is 31.2. The summed E-state index contributed by atoms with van der Waals surface area (Å²) in [5, 5.41) is 7.68. The Balaban J connectivity index is 1.48. The van der Waals surface area contributed by atoms with Gasteiger partial charge in [0.2, 0.25) is 0 Å². The number of ether oxygens (including phenoxy) is 2. The van der Waals surface area contributed by atoms with Crippen LogP contribution in [-0.4, -0.2) is 35.0 Å². The molecule has 5 rings (SSSR count). The summed E-state index contributed by atoms with van der Waals surface area (Å²) >= 11 is 3.47. The highest BCUT2D eigenvalue weighted by atomic mass is 79.9. The number of carbonyl (C=O) groups excluding carboxylic acids is 1. The molecule has 1 N–H and O–H groups in total. The molecule has 4 aromatic rings. The van der Waals surface area contributed by atoms with Crippen LogP contribution >= 0.6 is 15.9 Å². The van der Waals surface area contributed by atoms with Crippen molar-refractivity contribution in [3.63, 3.8) is 0 Å². The molecule has 228 valence electrons. The summed E-state index contributed by atoms with van der Waals surface area (Å²) in [5.74, 6) is 0.545. The molecule has 1 aliphatic carbocycles. The zero-order valence-electron chi connectivity index (χ0n) is 24.5. The number of nitrogens with zero attached hydrogens (tertiary/aromatic N) is 3. The van der Waals surface area contributed by atoms with Gasteiger partial charge in [0.05, 0.1) is 29.4 Å². The van der Waals surface area contributed by atoms with Crippen LogP contribution in [0.5, 0.6) is 11.5 Å². The van der Waals surface area contributed by atoms with Gasteiger partial charge in [-0.3, -0.25) is 9.59 Å². The van der Waals surface area contributed by atoms with Crippen LogP contribution in [0.2, 0.25) is 0 Å². The number of nitrogens with one attached hydrogen (secondary N) is 1. The first-order chi connectivity index (χ1) is 21.4. The van der Waals surface area contributed by atoms with Gasteiger partial charge in [0.15, 0.2) is 18.1 Å². The van der Waals surface area contributed by atoms with Gasteiger partial charge in [0, 0.05) is 16.0 Å². The van der Waals surface area contributed by atoms with Gasteiger partial charge >= 0.3 is 0 Å². The minimum absolute atomic E-state index is 0.0717. The van der Waals surface area contributed by atoms with Crippen LogP contribution in [0.3, 0.4) is 0 Å². The van der Waals surface area contributed by atoms with Gasteiger partial charge in [-0.05, 0) is 74.2 Å². The van der Waals surface area contributed by atoms with Gasteiger partial charge in [0.1, 0.15) is 11.6 Å². The molecule has 0 bridgehead atoms. The van der Waals surface area contributed by atoms with Crippen molar-refractivity contribution in [1.82, 2.24) is 9.66 Å². The summed E-state index contributed by atoms with van der Waals surface area (Å²) in [6.07, 6.45) is 9.02. The van der Waals surface area contributed by atoms with Gasteiger partial charge in [-0.1, -0.05) is 53.4 Å². The van der Waals surface area contributed by atoms with Crippen LogP contribution in [-0.2, 0) is 11.2 Å². The highest BCUT2D eigenvalue weighted by Gasteiger charge is 2.23. The Labute approximate surface area is 263 Å². The molecule has 0 aliphatic heterocycles. The van der Waals surface area contributed by atoms with E-state index in [-0.39, 0.29) is 23.8 Å². The van der Waals surface area contributed by atoms with Gasteiger partial charge in [-0.15, -0.1) is 6.58 Å². The van der Waals surface area contributed by atoms with Gasteiger partial charge in [-0.25, -0.2) is 9.37 Å². The maximum absolute atomic E-state index is 14.0. The molecule has 0 saturated heterocycles. The number of para-hydroxylation sites is 1. The van der Waals surface area contributed by atoms with Crippen molar-refractivity contribution >= 4 is 44.6 Å². The molecule has 1 heterocycles. The Morgan fingerprint density at radius 1 is 1.16 bits per heavy atom. The molecule has 0 atom stereocenters. The van der Waals surface area contributed by atoms with Crippen molar-refractivity contribution in [3.8, 4) is 11.5 Å². The quantitative estimate of drug-likeness (QED) is 0.134. The van der Waals surface area contributed by atoms with Gasteiger partial charge < -0.3 is 14.8 Å². The molecule has 0 spiro atoms. The molecule has 8 nitrogen and oxygen atoms in total. The van der Waals surface area contributed by atoms with E-state index in [1.54, 1.807) is 36.6 Å². The van der Waals surface area contributed by atoms with E-state index in [4.69, 9.17) is 14.5 Å². The van der Waals surface area contributed by atoms with Crippen LogP contribution in [0.1, 0.15) is 61.9 Å². The molecule has 1 amide bonds. The van der Waals surface area contributed by atoms with E-state index in [0.29, 0.717) is 52.4 Å². The lowest BCUT2D eigenvalue weighted by Gasteiger charge is -2.22. The molecule has 44 heavy (non-hydrogen) atoms. The van der Waals surface area contributed by atoms with E-state index in [1.165, 1.54) is 23.2 Å². The molecular weight excluding hydrogens is 627 g/mol. The Morgan fingerprint density at radius 3 is 2.70 bits per heavy atom. The molecule has 0 radical (unpaired) electrons. The number of rotatable bonds is 11. The number of hydrogen-bond donors (Lipinski definition) is 1. The maximum Gasteiger partial charge on any atom is 0.282 e. The number of halogens is 2. The van der Waals surface area contributed by atoms with E-state index >= 15 is 0 Å². The zero-order valence-corrected chi connectivity index (χ0v) is 26.1. The van der Waals surface area contributed by atoms with Crippen molar-refractivity contribution in [3.05, 3.63) is 105 Å². The molecule has 3 aromatic carbocycles. The van der Waals surface area contributed by atoms with E-state index in [9.17, 15) is 14.0 Å². The van der Waals surface area contributed by atoms with Crippen molar-refractivity contribution in [2.45, 2.75) is 51.4 Å². The SMILES string of the molecule is C=CCc1cc(C=Nn2c(C3CCCCC3)nc3ccc(Br)cc3c2=O)cc(OCC)c1OCC(=O)Nc1ccccc1F. The predicted molar refractivity (Wildman–Crippen MR) is 175 cm³/mol. The normalized spacial score (nSPS) is 13.7. The number of amides is 1. The van der Waals surface area contributed by atoms with Crippen LogP contribution in [0.4, 0.5) is 10.1 Å². The monoisotopic (exact) mass is 660 g/mol. The van der Waals surface area contributed by atoms with Crippen LogP contribution in [0, 0.1) is 5.82 Å². The third-order valence-corrected chi connectivity index (χ3v) is 7.93. The molecule has 1 aromatic heterocycles. The molecule has 0 unspecified atom stereocenters.